The third-order valence-corrected chi connectivity index (χ3v) is 4.88. The molecule has 5 nitrogen and oxygen atoms in total. The molecular weight excluding hydrogens is 325 g/mol. The van der Waals surface area contributed by atoms with Gasteiger partial charge in [-0.1, -0.05) is 42.5 Å². The highest BCUT2D eigenvalue weighted by atomic mass is 19.1. The molecule has 0 aliphatic heterocycles. The molecule has 130 valence electrons. The molecule has 0 heterocycles. The third-order valence-electron chi connectivity index (χ3n) is 4.88. The Kier molecular flexibility index (Phi) is 4.90. The van der Waals surface area contributed by atoms with E-state index < -0.39 is 34.7 Å². The molecule has 0 saturated heterocycles. The van der Waals surface area contributed by atoms with Crippen molar-refractivity contribution in [1.29, 1.82) is 0 Å². The number of ketones is 1. The van der Waals surface area contributed by atoms with Crippen LogP contribution in [0.3, 0.4) is 0 Å². The van der Waals surface area contributed by atoms with Crippen LogP contribution in [0.5, 0.6) is 0 Å². The summed E-state index contributed by atoms with van der Waals surface area (Å²) in [6.45, 7) is 0. The van der Waals surface area contributed by atoms with E-state index in [0.29, 0.717) is 11.1 Å². The molecule has 0 unspecified atom stereocenters. The van der Waals surface area contributed by atoms with E-state index in [0.717, 1.165) is 0 Å². The van der Waals surface area contributed by atoms with Crippen molar-refractivity contribution >= 4 is 5.78 Å². The largest absolute Gasteiger partial charge is 0.392 e. The number of carbonyl (C=O) groups is 1. The minimum absolute atomic E-state index is 0.0378. The number of Topliss-reactive ketones (excluding diaryl/α,β-unsaturated/α-hetero) is 1. The molecule has 2 aromatic rings. The van der Waals surface area contributed by atoms with Crippen molar-refractivity contribution in [3.8, 4) is 0 Å². The zero-order valence-electron chi connectivity index (χ0n) is 13.4. The van der Waals surface area contributed by atoms with Gasteiger partial charge in [-0.2, -0.15) is 0 Å². The van der Waals surface area contributed by atoms with Gasteiger partial charge in [0.25, 0.3) is 0 Å². The second-order valence-corrected chi connectivity index (χ2v) is 6.39. The lowest BCUT2D eigenvalue weighted by molar-refractivity contribution is -0.532. The van der Waals surface area contributed by atoms with Crippen LogP contribution < -0.4 is 0 Å². The van der Waals surface area contributed by atoms with E-state index in [1.807, 2.05) is 0 Å². The van der Waals surface area contributed by atoms with Gasteiger partial charge in [0.2, 0.25) is 6.04 Å². The van der Waals surface area contributed by atoms with Gasteiger partial charge in [-0.25, -0.2) is 4.39 Å². The van der Waals surface area contributed by atoms with Crippen LogP contribution in [-0.2, 0) is 0 Å². The molecule has 0 bridgehead atoms. The molecule has 1 fully saturated rings. The van der Waals surface area contributed by atoms with Crippen molar-refractivity contribution in [2.24, 2.45) is 5.92 Å². The van der Waals surface area contributed by atoms with Gasteiger partial charge in [0, 0.05) is 16.9 Å². The van der Waals surface area contributed by atoms with Crippen LogP contribution in [0.1, 0.15) is 34.7 Å². The van der Waals surface area contributed by atoms with E-state index >= 15 is 0 Å². The highest BCUT2D eigenvalue weighted by Gasteiger charge is 2.46. The molecule has 1 N–H and O–H groups in total. The number of halogens is 1. The Hall–Kier alpha value is -2.60. The van der Waals surface area contributed by atoms with Crippen molar-refractivity contribution in [3.63, 3.8) is 0 Å². The van der Waals surface area contributed by atoms with E-state index in [2.05, 4.69) is 0 Å². The average molecular weight is 343 g/mol. The molecule has 0 spiro atoms. The van der Waals surface area contributed by atoms with Gasteiger partial charge in [-0.15, -0.1) is 0 Å². The standard InChI is InChI=1S/C19H18FNO4/c20-14-8-6-12(7-9-14)15-11-18(22)16(10-17(15)21(24)25)19(23)13-4-2-1-3-5-13/h1-9,15-18,22H,10-11H2/t15-,16-,17+,18+/m0/s1. The Bertz CT molecular complexity index is 763. The second-order valence-electron chi connectivity index (χ2n) is 6.39. The minimum Gasteiger partial charge on any atom is -0.392 e. The minimum atomic E-state index is -0.994. The van der Waals surface area contributed by atoms with E-state index in [4.69, 9.17) is 0 Å². The summed E-state index contributed by atoms with van der Waals surface area (Å²) in [5.74, 6) is -2.06. The summed E-state index contributed by atoms with van der Waals surface area (Å²) < 4.78 is 13.1. The number of hydrogen-bond acceptors (Lipinski definition) is 4. The molecule has 25 heavy (non-hydrogen) atoms. The number of nitro groups is 1. The summed E-state index contributed by atoms with van der Waals surface area (Å²) in [6.07, 6.45) is -0.913. The monoisotopic (exact) mass is 343 g/mol. The molecule has 4 atom stereocenters. The second kappa shape index (κ2) is 7.11. The van der Waals surface area contributed by atoms with Crippen molar-refractivity contribution in [1.82, 2.24) is 0 Å². The summed E-state index contributed by atoms with van der Waals surface area (Å²) in [7, 11) is 0. The number of benzene rings is 2. The highest BCUT2D eigenvalue weighted by molar-refractivity contribution is 5.98. The predicted octanol–water partition coefficient (Wildman–Crippen LogP) is 3.21. The SMILES string of the molecule is O=C(c1ccccc1)[C@H]1C[C@@H]([N+](=O)[O-])[C@H](c2ccc(F)cc2)C[C@H]1O. The van der Waals surface area contributed by atoms with Crippen LogP contribution in [0.4, 0.5) is 4.39 Å². The predicted molar refractivity (Wildman–Crippen MR) is 89.4 cm³/mol. The van der Waals surface area contributed by atoms with Crippen molar-refractivity contribution < 1.29 is 19.2 Å². The van der Waals surface area contributed by atoms with Gasteiger partial charge >= 0.3 is 0 Å². The first-order valence-corrected chi connectivity index (χ1v) is 8.13. The zero-order chi connectivity index (χ0) is 18.0. The molecule has 1 aliphatic rings. The quantitative estimate of drug-likeness (QED) is 0.525. The smallest absolute Gasteiger partial charge is 0.220 e. The fraction of sp³-hybridized carbons (Fsp3) is 0.316. The lowest BCUT2D eigenvalue weighted by Gasteiger charge is -2.34. The maximum Gasteiger partial charge on any atom is 0.220 e. The first-order chi connectivity index (χ1) is 12.0. The van der Waals surface area contributed by atoms with Gasteiger partial charge in [0.15, 0.2) is 5.78 Å². The molecule has 3 rings (SSSR count). The Labute approximate surface area is 144 Å². The summed E-state index contributed by atoms with van der Waals surface area (Å²) >= 11 is 0. The summed E-state index contributed by atoms with van der Waals surface area (Å²) in [5, 5.41) is 22.0. The molecule has 1 saturated carbocycles. The van der Waals surface area contributed by atoms with Crippen molar-refractivity contribution in [2.75, 3.05) is 0 Å². The van der Waals surface area contributed by atoms with E-state index in [1.54, 1.807) is 30.3 Å². The van der Waals surface area contributed by atoms with Gasteiger partial charge in [-0.3, -0.25) is 14.9 Å². The lowest BCUT2D eigenvalue weighted by atomic mass is 9.71. The number of aliphatic hydroxyl groups excluding tert-OH is 1. The summed E-state index contributed by atoms with van der Waals surface area (Å²) in [6, 6.07) is 13.0. The normalized spacial score (nSPS) is 26.2. The third kappa shape index (κ3) is 3.58. The van der Waals surface area contributed by atoms with Crippen molar-refractivity contribution in [3.05, 3.63) is 81.7 Å². The Morgan fingerprint density at radius 2 is 1.72 bits per heavy atom. The van der Waals surface area contributed by atoms with Crippen molar-refractivity contribution in [2.45, 2.75) is 30.9 Å². The molecule has 0 aromatic heterocycles. The topological polar surface area (TPSA) is 80.4 Å². The van der Waals surface area contributed by atoms with Crippen LogP contribution in [0.25, 0.3) is 0 Å². The number of aliphatic hydroxyl groups is 1. The molecule has 0 radical (unpaired) electrons. The number of carbonyl (C=O) groups excluding carboxylic acids is 1. The maximum atomic E-state index is 13.1. The first-order valence-electron chi connectivity index (χ1n) is 8.13. The molecule has 0 amide bonds. The van der Waals surface area contributed by atoms with Crippen LogP contribution in [-0.4, -0.2) is 28.0 Å². The van der Waals surface area contributed by atoms with E-state index in [9.17, 15) is 24.4 Å². The van der Waals surface area contributed by atoms with Crippen LogP contribution in [0.2, 0.25) is 0 Å². The Morgan fingerprint density at radius 1 is 1.08 bits per heavy atom. The number of rotatable bonds is 4. The highest BCUT2D eigenvalue weighted by Crippen LogP contribution is 2.39. The van der Waals surface area contributed by atoms with E-state index in [-0.39, 0.29) is 18.6 Å². The van der Waals surface area contributed by atoms with Crippen LogP contribution in [0.15, 0.2) is 54.6 Å². The van der Waals surface area contributed by atoms with Gasteiger partial charge in [-0.05, 0) is 24.1 Å². The van der Waals surface area contributed by atoms with Gasteiger partial charge in [0.05, 0.1) is 17.9 Å². The molecule has 6 heteroatoms. The van der Waals surface area contributed by atoms with Gasteiger partial charge < -0.3 is 5.11 Å². The summed E-state index contributed by atoms with van der Waals surface area (Å²) in [5.41, 5.74) is 1.04. The first kappa shape index (κ1) is 17.2. The molecule has 1 aliphatic carbocycles. The Morgan fingerprint density at radius 3 is 2.32 bits per heavy atom. The van der Waals surface area contributed by atoms with Crippen LogP contribution in [0, 0.1) is 21.8 Å². The maximum absolute atomic E-state index is 13.1. The average Bonchev–Trinajstić information content (AvgIpc) is 2.62. The lowest BCUT2D eigenvalue weighted by Crippen LogP contribution is -2.44. The molecule has 2 aromatic carbocycles. The fourth-order valence-corrected chi connectivity index (χ4v) is 3.56. The van der Waals surface area contributed by atoms with Gasteiger partial charge in [0.1, 0.15) is 5.82 Å². The zero-order valence-corrected chi connectivity index (χ0v) is 13.4. The fourth-order valence-electron chi connectivity index (χ4n) is 3.56. The molecular formula is C19H18FNO4. The van der Waals surface area contributed by atoms with Crippen LogP contribution >= 0.6 is 0 Å². The number of nitrogens with zero attached hydrogens (tertiary/aromatic N) is 1. The summed E-state index contributed by atoms with van der Waals surface area (Å²) in [4.78, 5) is 23.8. The Balaban J connectivity index is 1.86. The number of hydrogen-bond donors (Lipinski definition) is 1. The van der Waals surface area contributed by atoms with E-state index in [1.165, 1.54) is 24.3 Å².